The van der Waals surface area contributed by atoms with Crippen molar-refractivity contribution in [2.75, 3.05) is 4.90 Å². The van der Waals surface area contributed by atoms with Crippen molar-refractivity contribution < 1.29 is 0 Å². The molecule has 0 N–H and O–H groups in total. The lowest BCUT2D eigenvalue weighted by molar-refractivity contribution is 0.788. The minimum absolute atomic E-state index is 0.0561. The molecule has 2 heterocycles. The van der Waals surface area contributed by atoms with Gasteiger partial charge in [-0.1, -0.05) is 133 Å². The van der Waals surface area contributed by atoms with Gasteiger partial charge in [0.2, 0.25) is 0 Å². The summed E-state index contributed by atoms with van der Waals surface area (Å²) >= 11 is 0. The van der Waals surface area contributed by atoms with E-state index < -0.39 is 0 Å². The minimum Gasteiger partial charge on any atom is -0.334 e. The highest BCUT2D eigenvalue weighted by atomic mass is 15.2. The minimum atomic E-state index is 0.0561. The van der Waals surface area contributed by atoms with Crippen LogP contribution in [0.2, 0.25) is 0 Å². The Morgan fingerprint density at radius 3 is 1.51 bits per heavy atom. The lowest BCUT2D eigenvalue weighted by atomic mass is 9.93. The zero-order chi connectivity index (χ0) is 39.7. The van der Waals surface area contributed by atoms with Crippen LogP contribution in [0.5, 0.6) is 0 Å². The van der Waals surface area contributed by atoms with Gasteiger partial charge in [0.25, 0.3) is 0 Å². The largest absolute Gasteiger partial charge is 0.334 e. The van der Waals surface area contributed by atoms with Crippen LogP contribution in [0.1, 0.15) is 23.4 Å². The Labute approximate surface area is 344 Å². The molecule has 2 aromatic heterocycles. The zero-order valence-electron chi connectivity index (χ0n) is 33.0. The maximum Gasteiger partial charge on any atom is 0.0922 e. The summed E-state index contributed by atoms with van der Waals surface area (Å²) in [6.07, 6.45) is 7.83. The Morgan fingerprint density at radius 1 is 0.407 bits per heavy atom. The number of fused-ring (bicyclic) bond motifs is 2. The van der Waals surface area contributed by atoms with Gasteiger partial charge in [0.15, 0.2) is 0 Å². The topological polar surface area (TPSA) is 54.8 Å². The quantitative estimate of drug-likeness (QED) is 0.154. The summed E-state index contributed by atoms with van der Waals surface area (Å²) in [5, 5.41) is 0. The number of rotatable bonds is 8. The van der Waals surface area contributed by atoms with Crippen LogP contribution in [0.4, 0.5) is 11.4 Å². The summed E-state index contributed by atoms with van der Waals surface area (Å²) in [7, 11) is 0. The Morgan fingerprint density at radius 2 is 0.881 bits per heavy atom. The molecular formula is C54H41N5. The Hall–Kier alpha value is -7.50. The summed E-state index contributed by atoms with van der Waals surface area (Å²) < 4.78 is 0. The molecule has 0 fully saturated rings. The molecule has 0 amide bonds. The monoisotopic (exact) mass is 759 g/mol. The van der Waals surface area contributed by atoms with Crippen molar-refractivity contribution in [3.8, 4) is 44.8 Å². The molecule has 0 bridgehead atoms. The molecule has 7 aromatic carbocycles. The highest BCUT2D eigenvalue weighted by Crippen LogP contribution is 2.38. The lowest BCUT2D eigenvalue weighted by Gasteiger charge is -2.34. The van der Waals surface area contributed by atoms with Crippen LogP contribution in [0.25, 0.3) is 72.4 Å². The summed E-state index contributed by atoms with van der Waals surface area (Å²) in [6.45, 7) is 4.08. The summed E-state index contributed by atoms with van der Waals surface area (Å²) in [6, 6.07) is 62.0. The van der Waals surface area contributed by atoms with Gasteiger partial charge in [-0.15, -0.1) is 0 Å². The molecule has 1 unspecified atom stereocenters. The van der Waals surface area contributed by atoms with Crippen molar-refractivity contribution in [1.29, 1.82) is 0 Å². The molecule has 1 aliphatic rings. The first-order valence-electron chi connectivity index (χ1n) is 20.2. The van der Waals surface area contributed by atoms with E-state index in [9.17, 15) is 0 Å². The number of aryl methyl sites for hydroxylation is 2. The molecule has 5 heteroatoms. The molecule has 0 radical (unpaired) electrons. The van der Waals surface area contributed by atoms with Crippen molar-refractivity contribution in [3.63, 3.8) is 0 Å². The number of benzene rings is 7. The van der Waals surface area contributed by atoms with Crippen LogP contribution >= 0.6 is 0 Å². The zero-order valence-corrected chi connectivity index (χ0v) is 33.0. The van der Waals surface area contributed by atoms with Crippen LogP contribution in [0.15, 0.2) is 194 Å². The number of aromatic nitrogens is 4. The summed E-state index contributed by atoms with van der Waals surface area (Å²) in [5.74, 6) is 0. The third-order valence-corrected chi connectivity index (χ3v) is 11.2. The number of anilines is 2. The van der Waals surface area contributed by atoms with Crippen LogP contribution in [0.3, 0.4) is 0 Å². The fraction of sp³-hybridized carbons (Fsp3) is 0.0741. The molecule has 5 nitrogen and oxygen atoms in total. The van der Waals surface area contributed by atoms with Gasteiger partial charge in [0, 0.05) is 22.5 Å². The highest BCUT2D eigenvalue weighted by Gasteiger charge is 2.23. The highest BCUT2D eigenvalue weighted by molar-refractivity contribution is 5.84. The van der Waals surface area contributed by atoms with Gasteiger partial charge in [0.1, 0.15) is 0 Å². The second-order valence-electron chi connectivity index (χ2n) is 15.1. The fourth-order valence-corrected chi connectivity index (χ4v) is 8.27. The van der Waals surface area contributed by atoms with Crippen LogP contribution < -0.4 is 4.90 Å². The van der Waals surface area contributed by atoms with Gasteiger partial charge in [-0.25, -0.2) is 19.9 Å². The Kier molecular flexibility index (Phi) is 9.39. The third-order valence-electron chi connectivity index (χ3n) is 11.2. The van der Waals surface area contributed by atoms with Crippen LogP contribution in [-0.4, -0.2) is 26.0 Å². The van der Waals surface area contributed by atoms with Gasteiger partial charge in [-0.05, 0) is 114 Å². The van der Waals surface area contributed by atoms with Gasteiger partial charge >= 0.3 is 0 Å². The van der Waals surface area contributed by atoms with E-state index in [0.717, 1.165) is 90.5 Å². The SMILES string of the molecule is Cc1nc2ccccc2nc1-c1cccc(C2=CC(N(c3ccc(-c4ccccc4)cc3)c3cccc(-c4cccc(-c5nc6ccccc6nc5C)c4)c3)CC=C2)c1. The first-order valence-corrected chi connectivity index (χ1v) is 20.2. The standard InChI is InChI=1S/C54H41N5/c1-36-53(57-51-26-8-6-24-49(51)55-36)44-20-10-16-40(32-44)42-18-12-22-47(34-42)59(46-30-28-39(29-31-46)38-14-4-3-5-15-38)48-23-13-19-43(35-48)41-17-11-21-45(33-41)54-37(2)56-50-25-7-9-27-52(50)58-54/h3-22,24-35,48H,23H2,1-2H3. The van der Waals surface area contributed by atoms with Crippen LogP contribution in [-0.2, 0) is 0 Å². The predicted octanol–water partition coefficient (Wildman–Crippen LogP) is 13.4. The third kappa shape index (κ3) is 7.19. The number of hydrogen-bond donors (Lipinski definition) is 0. The van der Waals surface area contributed by atoms with Gasteiger partial charge in [-0.2, -0.15) is 0 Å². The van der Waals surface area contributed by atoms with E-state index in [4.69, 9.17) is 19.9 Å². The average molecular weight is 760 g/mol. The molecule has 0 saturated heterocycles. The average Bonchev–Trinajstić information content (AvgIpc) is 3.29. The first-order chi connectivity index (χ1) is 29.0. The van der Waals surface area contributed by atoms with E-state index in [1.165, 1.54) is 16.7 Å². The van der Waals surface area contributed by atoms with E-state index in [-0.39, 0.29) is 6.04 Å². The van der Waals surface area contributed by atoms with E-state index in [2.05, 4.69) is 151 Å². The second-order valence-corrected chi connectivity index (χ2v) is 15.1. The van der Waals surface area contributed by atoms with Crippen molar-refractivity contribution in [2.45, 2.75) is 26.3 Å². The van der Waals surface area contributed by atoms with Crippen molar-refractivity contribution in [1.82, 2.24) is 19.9 Å². The van der Waals surface area contributed by atoms with E-state index >= 15 is 0 Å². The molecule has 0 saturated carbocycles. The second kappa shape index (κ2) is 15.4. The van der Waals surface area contributed by atoms with Gasteiger partial charge in [-0.3, -0.25) is 0 Å². The molecular weight excluding hydrogens is 719 g/mol. The predicted molar refractivity (Wildman–Crippen MR) is 244 cm³/mol. The smallest absolute Gasteiger partial charge is 0.0922 e. The number of nitrogens with zero attached hydrogens (tertiary/aromatic N) is 5. The first kappa shape index (κ1) is 35.9. The van der Waals surface area contributed by atoms with Crippen molar-refractivity contribution in [2.24, 2.45) is 0 Å². The summed E-state index contributed by atoms with van der Waals surface area (Å²) in [5.41, 5.74) is 18.6. The molecule has 0 aliphatic heterocycles. The Bertz CT molecular complexity index is 3060. The normalized spacial score (nSPS) is 13.7. The molecule has 0 spiro atoms. The maximum absolute atomic E-state index is 5.04. The van der Waals surface area contributed by atoms with Gasteiger partial charge < -0.3 is 4.90 Å². The van der Waals surface area contributed by atoms with Crippen LogP contribution in [0, 0.1) is 13.8 Å². The molecule has 282 valence electrons. The van der Waals surface area contributed by atoms with Crippen molar-refractivity contribution >= 4 is 39.0 Å². The number of allylic oxidation sites excluding steroid dienone is 2. The molecule has 9 aromatic rings. The molecule has 1 atom stereocenters. The van der Waals surface area contributed by atoms with E-state index in [1.807, 2.05) is 62.4 Å². The van der Waals surface area contributed by atoms with E-state index in [1.54, 1.807) is 0 Å². The summed E-state index contributed by atoms with van der Waals surface area (Å²) in [4.78, 5) is 22.3. The maximum atomic E-state index is 5.04. The van der Waals surface area contributed by atoms with Gasteiger partial charge in [0.05, 0.1) is 50.9 Å². The molecule has 10 rings (SSSR count). The Balaban J connectivity index is 1.04. The number of hydrogen-bond acceptors (Lipinski definition) is 5. The molecule has 59 heavy (non-hydrogen) atoms. The fourth-order valence-electron chi connectivity index (χ4n) is 8.27. The van der Waals surface area contributed by atoms with E-state index in [0.29, 0.717) is 0 Å². The van der Waals surface area contributed by atoms with Crippen molar-refractivity contribution in [3.05, 3.63) is 211 Å². The molecule has 1 aliphatic carbocycles. The lowest BCUT2D eigenvalue weighted by Crippen LogP contribution is -2.30. The number of para-hydroxylation sites is 4.